The fourth-order valence-corrected chi connectivity index (χ4v) is 2.56. The molecule has 0 amide bonds. The Bertz CT molecular complexity index is 1170. The fourth-order valence-electron chi connectivity index (χ4n) is 2.56. The Morgan fingerprint density at radius 1 is 0.963 bits per heavy atom. The van der Waals surface area contributed by atoms with Crippen molar-refractivity contribution in [1.82, 2.24) is 19.6 Å². The summed E-state index contributed by atoms with van der Waals surface area (Å²) < 4.78 is 6.75. The average molecular weight is 354 g/mol. The van der Waals surface area contributed by atoms with Crippen LogP contribution in [0.5, 0.6) is 5.88 Å². The summed E-state index contributed by atoms with van der Waals surface area (Å²) in [5, 5.41) is 4.63. The van der Waals surface area contributed by atoms with Gasteiger partial charge in [0.05, 0.1) is 19.0 Å². The van der Waals surface area contributed by atoms with Crippen LogP contribution in [0.15, 0.2) is 60.9 Å². The minimum atomic E-state index is 0.544. The molecule has 3 heterocycles. The second kappa shape index (κ2) is 7.10. The van der Waals surface area contributed by atoms with Crippen molar-refractivity contribution in [2.75, 3.05) is 7.11 Å². The van der Waals surface area contributed by atoms with Gasteiger partial charge in [0.25, 0.3) is 0 Å². The Labute approximate surface area is 155 Å². The molecule has 3 aromatic heterocycles. The Balaban J connectivity index is 1.69. The van der Waals surface area contributed by atoms with Gasteiger partial charge < -0.3 is 4.74 Å². The lowest BCUT2D eigenvalue weighted by atomic mass is 10.1. The zero-order valence-electron chi connectivity index (χ0n) is 14.5. The summed E-state index contributed by atoms with van der Waals surface area (Å²) in [6.45, 7) is 0. The van der Waals surface area contributed by atoms with Crippen molar-refractivity contribution in [3.05, 3.63) is 77.7 Å². The van der Waals surface area contributed by atoms with Crippen molar-refractivity contribution < 1.29 is 9.53 Å². The van der Waals surface area contributed by atoms with E-state index in [4.69, 9.17) is 4.74 Å². The number of carbonyl (C=O) groups excluding carboxylic acids is 1. The topological polar surface area (TPSA) is 69.4 Å². The number of imidazole rings is 1. The Hall–Kier alpha value is -3.98. The minimum absolute atomic E-state index is 0.544. The molecule has 0 fully saturated rings. The number of benzene rings is 1. The molecule has 130 valence electrons. The van der Waals surface area contributed by atoms with Crippen molar-refractivity contribution in [2.45, 2.75) is 0 Å². The summed E-state index contributed by atoms with van der Waals surface area (Å²) in [6.07, 6.45) is 4.16. The molecular formula is C21H14N4O2. The fraction of sp³-hybridized carbons (Fsp3) is 0.0476. The minimum Gasteiger partial charge on any atom is -0.481 e. The Morgan fingerprint density at radius 2 is 1.81 bits per heavy atom. The molecule has 27 heavy (non-hydrogen) atoms. The van der Waals surface area contributed by atoms with Crippen LogP contribution in [0, 0.1) is 11.8 Å². The molecule has 0 aliphatic carbocycles. The zero-order chi connectivity index (χ0) is 18.6. The summed E-state index contributed by atoms with van der Waals surface area (Å²) in [4.78, 5) is 19.3. The maximum absolute atomic E-state index is 10.8. The standard InChI is InChI=1S/C21H14N4O2/c1-27-21-11-5-15(12-23-21)4-8-18-13-22-20-10-9-19(24-25(18)20)17-6-2-16(14-26)3-7-17/h2-3,5-7,9-14H,1H3. The molecule has 0 N–H and O–H groups in total. The van der Waals surface area contributed by atoms with E-state index in [9.17, 15) is 4.79 Å². The highest BCUT2D eigenvalue weighted by Crippen LogP contribution is 2.18. The first-order valence-electron chi connectivity index (χ1n) is 8.19. The Morgan fingerprint density at radius 3 is 2.52 bits per heavy atom. The van der Waals surface area contributed by atoms with Crippen LogP contribution in [-0.4, -0.2) is 33.0 Å². The maximum atomic E-state index is 10.8. The summed E-state index contributed by atoms with van der Waals surface area (Å²) in [7, 11) is 1.57. The van der Waals surface area contributed by atoms with E-state index in [0.29, 0.717) is 22.8 Å². The van der Waals surface area contributed by atoms with Gasteiger partial charge in [-0.2, -0.15) is 5.10 Å². The van der Waals surface area contributed by atoms with Gasteiger partial charge in [0.1, 0.15) is 12.0 Å². The molecule has 4 aromatic rings. The van der Waals surface area contributed by atoms with Gasteiger partial charge in [-0.05, 0) is 24.1 Å². The number of rotatable bonds is 3. The maximum Gasteiger partial charge on any atom is 0.212 e. The van der Waals surface area contributed by atoms with Crippen molar-refractivity contribution in [2.24, 2.45) is 0 Å². The molecule has 1 aromatic carbocycles. The number of aromatic nitrogens is 4. The number of methoxy groups -OCH3 is 1. The SMILES string of the molecule is COc1ccc(C#Cc2cnc3ccc(-c4ccc(C=O)cc4)nn23)cn1. The number of pyridine rings is 1. The summed E-state index contributed by atoms with van der Waals surface area (Å²) >= 11 is 0. The molecule has 0 radical (unpaired) electrons. The van der Waals surface area contributed by atoms with E-state index in [1.165, 1.54) is 0 Å². The second-order valence-electron chi connectivity index (χ2n) is 5.71. The molecule has 6 nitrogen and oxygen atoms in total. The van der Waals surface area contributed by atoms with Crippen LogP contribution in [0.4, 0.5) is 0 Å². The summed E-state index contributed by atoms with van der Waals surface area (Å²) in [6, 6.07) is 14.6. The van der Waals surface area contributed by atoms with E-state index in [2.05, 4.69) is 26.9 Å². The third kappa shape index (κ3) is 3.39. The highest BCUT2D eigenvalue weighted by Gasteiger charge is 2.06. The number of carbonyl (C=O) groups is 1. The summed E-state index contributed by atoms with van der Waals surface area (Å²) in [5.74, 6) is 6.68. The molecule has 0 aliphatic rings. The number of nitrogens with zero attached hydrogens (tertiary/aromatic N) is 4. The molecule has 0 unspecified atom stereocenters. The summed E-state index contributed by atoms with van der Waals surface area (Å²) in [5.41, 5.74) is 4.46. The normalized spacial score (nSPS) is 10.3. The smallest absolute Gasteiger partial charge is 0.212 e. The first-order valence-corrected chi connectivity index (χ1v) is 8.19. The number of ether oxygens (including phenoxy) is 1. The predicted octanol–water partition coefficient (Wildman–Crippen LogP) is 3.01. The van der Waals surface area contributed by atoms with E-state index < -0.39 is 0 Å². The van der Waals surface area contributed by atoms with E-state index in [0.717, 1.165) is 23.1 Å². The van der Waals surface area contributed by atoms with Crippen LogP contribution in [0.1, 0.15) is 21.6 Å². The highest BCUT2D eigenvalue weighted by molar-refractivity contribution is 5.76. The second-order valence-corrected chi connectivity index (χ2v) is 5.71. The lowest BCUT2D eigenvalue weighted by Crippen LogP contribution is -1.97. The largest absolute Gasteiger partial charge is 0.481 e. The van der Waals surface area contributed by atoms with E-state index in [1.54, 1.807) is 42.2 Å². The zero-order valence-corrected chi connectivity index (χ0v) is 14.5. The van der Waals surface area contributed by atoms with Crippen molar-refractivity contribution >= 4 is 11.9 Å². The van der Waals surface area contributed by atoms with E-state index >= 15 is 0 Å². The molecule has 0 atom stereocenters. The molecule has 6 heteroatoms. The number of fused-ring (bicyclic) bond motifs is 1. The number of aldehydes is 1. The van der Waals surface area contributed by atoms with Crippen LogP contribution in [-0.2, 0) is 0 Å². The van der Waals surface area contributed by atoms with E-state index in [-0.39, 0.29) is 0 Å². The molecule has 0 aliphatic heterocycles. The van der Waals surface area contributed by atoms with Crippen molar-refractivity contribution in [1.29, 1.82) is 0 Å². The molecule has 4 rings (SSSR count). The van der Waals surface area contributed by atoms with Crippen LogP contribution in [0.3, 0.4) is 0 Å². The van der Waals surface area contributed by atoms with Gasteiger partial charge in [0.15, 0.2) is 5.65 Å². The van der Waals surface area contributed by atoms with Gasteiger partial charge in [-0.25, -0.2) is 14.5 Å². The van der Waals surface area contributed by atoms with Gasteiger partial charge in [-0.1, -0.05) is 30.2 Å². The van der Waals surface area contributed by atoms with Crippen molar-refractivity contribution in [3.8, 4) is 29.0 Å². The third-order valence-corrected chi connectivity index (χ3v) is 3.99. The lowest BCUT2D eigenvalue weighted by Gasteiger charge is -2.02. The van der Waals surface area contributed by atoms with Gasteiger partial charge >= 0.3 is 0 Å². The number of hydrogen-bond donors (Lipinski definition) is 0. The molecule has 0 saturated heterocycles. The van der Waals surface area contributed by atoms with Crippen LogP contribution in [0.2, 0.25) is 0 Å². The molecular weight excluding hydrogens is 340 g/mol. The predicted molar refractivity (Wildman–Crippen MR) is 101 cm³/mol. The first-order chi connectivity index (χ1) is 13.3. The van der Waals surface area contributed by atoms with Crippen molar-refractivity contribution in [3.63, 3.8) is 0 Å². The van der Waals surface area contributed by atoms with Gasteiger partial charge in [0.2, 0.25) is 5.88 Å². The van der Waals surface area contributed by atoms with Crippen LogP contribution in [0.25, 0.3) is 16.9 Å². The first kappa shape index (κ1) is 16.5. The number of hydrogen-bond acceptors (Lipinski definition) is 5. The van der Waals surface area contributed by atoms with E-state index in [1.807, 2.05) is 30.3 Å². The lowest BCUT2D eigenvalue weighted by molar-refractivity contribution is 0.112. The van der Waals surface area contributed by atoms with Gasteiger partial charge in [-0.3, -0.25) is 4.79 Å². The highest BCUT2D eigenvalue weighted by atomic mass is 16.5. The van der Waals surface area contributed by atoms with Crippen LogP contribution < -0.4 is 4.74 Å². The molecule has 0 bridgehead atoms. The van der Waals surface area contributed by atoms with Gasteiger partial charge in [0, 0.05) is 29.0 Å². The Kier molecular flexibility index (Phi) is 4.33. The third-order valence-electron chi connectivity index (χ3n) is 3.99. The van der Waals surface area contributed by atoms with Gasteiger partial charge in [-0.15, -0.1) is 0 Å². The molecule has 0 saturated carbocycles. The van der Waals surface area contributed by atoms with Crippen LogP contribution >= 0.6 is 0 Å². The average Bonchev–Trinajstić information content (AvgIpc) is 3.15. The monoisotopic (exact) mass is 354 g/mol. The molecule has 0 spiro atoms. The quantitative estimate of drug-likeness (QED) is 0.418.